The Morgan fingerprint density at radius 2 is 1.72 bits per heavy atom. The van der Waals surface area contributed by atoms with Gasteiger partial charge in [-0.3, -0.25) is 0 Å². The maximum atomic E-state index is 16.9. The first-order valence-electron chi connectivity index (χ1n) is 15.4. The number of piperidine rings is 1. The number of hydrogen-bond donors (Lipinski definition) is 0. The molecule has 2 unspecified atom stereocenters. The van der Waals surface area contributed by atoms with Crippen molar-refractivity contribution in [3.8, 4) is 11.1 Å². The fraction of sp³-hybridized carbons (Fsp3) is 0.314. The van der Waals surface area contributed by atoms with Gasteiger partial charge in [-0.25, -0.2) is 22.8 Å². The van der Waals surface area contributed by atoms with Crippen molar-refractivity contribution in [3.05, 3.63) is 93.8 Å². The molecule has 2 saturated heterocycles. The molecule has 46 heavy (non-hydrogen) atoms. The zero-order valence-electron chi connectivity index (χ0n) is 25.4. The SMILES string of the molecule is CN(C)C1CN(c2nc(C34CCN(S(=O)(=O)c5ccc(Br)cc5)CC3C4)c3cc(Cl)c(-c4cccc5ccccc45)c(F)c3n2)C1. The summed E-state index contributed by atoms with van der Waals surface area (Å²) in [6.45, 7) is 2.24. The number of nitrogens with zero attached hydrogens (tertiary/aromatic N) is 5. The molecule has 3 aliphatic rings. The average Bonchev–Trinajstić information content (AvgIpc) is 3.76. The van der Waals surface area contributed by atoms with E-state index in [1.165, 1.54) is 0 Å². The minimum Gasteiger partial charge on any atom is -0.338 e. The van der Waals surface area contributed by atoms with Crippen molar-refractivity contribution in [1.82, 2.24) is 19.2 Å². The first-order chi connectivity index (χ1) is 22.1. The van der Waals surface area contributed by atoms with Crippen LogP contribution in [0, 0.1) is 11.7 Å². The lowest BCUT2D eigenvalue weighted by Gasteiger charge is -2.43. The largest absolute Gasteiger partial charge is 0.338 e. The van der Waals surface area contributed by atoms with Gasteiger partial charge in [-0.05, 0) is 79.5 Å². The highest BCUT2D eigenvalue weighted by Gasteiger charge is 2.60. The van der Waals surface area contributed by atoms with Crippen LogP contribution in [0.5, 0.6) is 0 Å². The molecule has 3 fully saturated rings. The molecule has 0 amide bonds. The summed E-state index contributed by atoms with van der Waals surface area (Å²) in [5, 5.41) is 2.82. The molecule has 8 rings (SSSR count). The van der Waals surface area contributed by atoms with Gasteiger partial charge in [-0.2, -0.15) is 4.31 Å². The second-order valence-electron chi connectivity index (χ2n) is 13.0. The van der Waals surface area contributed by atoms with Gasteiger partial charge in [0.15, 0.2) is 5.82 Å². The molecule has 0 bridgehead atoms. The van der Waals surface area contributed by atoms with Crippen molar-refractivity contribution < 1.29 is 12.8 Å². The third-order valence-corrected chi connectivity index (χ3v) is 12.9. The van der Waals surface area contributed by atoms with E-state index >= 15 is 4.39 Å². The van der Waals surface area contributed by atoms with Gasteiger partial charge in [0.25, 0.3) is 0 Å². The number of fused-ring (bicyclic) bond motifs is 3. The molecule has 1 saturated carbocycles. The van der Waals surface area contributed by atoms with Crippen LogP contribution >= 0.6 is 27.5 Å². The Morgan fingerprint density at radius 1 is 0.978 bits per heavy atom. The van der Waals surface area contributed by atoms with Crippen LogP contribution < -0.4 is 4.90 Å². The fourth-order valence-electron chi connectivity index (χ4n) is 7.31. The Labute approximate surface area is 281 Å². The van der Waals surface area contributed by atoms with E-state index in [2.05, 4.69) is 39.8 Å². The van der Waals surface area contributed by atoms with Gasteiger partial charge < -0.3 is 9.80 Å². The van der Waals surface area contributed by atoms with E-state index in [-0.39, 0.29) is 21.7 Å². The standard InChI is InChI=1S/C35H32BrClFN5O2S/c1-41(2)24-19-42(20-24)34-39-32-28(16-29(37)30(31(32)38)27-9-5-7-21-6-3-4-8-26(21)27)33(40-34)35-14-15-43(18-22(35)17-35)46(44,45)25-12-10-23(36)11-13-25/h3-13,16,22,24H,14-15,17-20H2,1-2H3. The summed E-state index contributed by atoms with van der Waals surface area (Å²) in [6, 6.07) is 22.6. The van der Waals surface area contributed by atoms with Crippen molar-refractivity contribution in [2.24, 2.45) is 5.92 Å². The number of aromatic nitrogens is 2. The average molecular weight is 721 g/mol. The molecule has 2 atom stereocenters. The Hall–Kier alpha value is -3.15. The van der Waals surface area contributed by atoms with Crippen LogP contribution in [0.4, 0.5) is 10.3 Å². The molecule has 11 heteroatoms. The van der Waals surface area contributed by atoms with Gasteiger partial charge in [0, 0.05) is 53.1 Å². The highest BCUT2D eigenvalue weighted by Crippen LogP contribution is 2.61. The number of rotatable bonds is 6. The van der Waals surface area contributed by atoms with E-state index in [9.17, 15) is 8.42 Å². The zero-order valence-corrected chi connectivity index (χ0v) is 28.6. The second kappa shape index (κ2) is 11.0. The predicted molar refractivity (Wildman–Crippen MR) is 184 cm³/mol. The minimum absolute atomic E-state index is 0.0583. The van der Waals surface area contributed by atoms with Crippen LogP contribution in [0.1, 0.15) is 18.5 Å². The molecule has 7 nitrogen and oxygen atoms in total. The van der Waals surface area contributed by atoms with Gasteiger partial charge in [-0.15, -0.1) is 0 Å². The first-order valence-corrected chi connectivity index (χ1v) is 18.0. The summed E-state index contributed by atoms with van der Waals surface area (Å²) in [5.74, 6) is 0.107. The number of likely N-dealkylation sites (N-methyl/N-ethyl adjacent to an activating group) is 1. The molecule has 0 spiro atoms. The number of anilines is 1. The Morgan fingerprint density at radius 3 is 2.46 bits per heavy atom. The minimum atomic E-state index is -3.65. The van der Waals surface area contributed by atoms with Crippen LogP contribution in [0.3, 0.4) is 0 Å². The van der Waals surface area contributed by atoms with E-state index in [4.69, 9.17) is 21.6 Å². The third-order valence-electron chi connectivity index (χ3n) is 10.2. The third kappa shape index (κ3) is 4.75. The van der Waals surface area contributed by atoms with Crippen LogP contribution in [-0.2, 0) is 15.4 Å². The second-order valence-corrected chi connectivity index (χ2v) is 16.2. The molecule has 0 N–H and O–H groups in total. The fourth-order valence-corrected chi connectivity index (χ4v) is 9.35. The number of benzene rings is 4. The predicted octanol–water partition coefficient (Wildman–Crippen LogP) is 7.11. The van der Waals surface area contributed by atoms with Gasteiger partial charge in [0.2, 0.25) is 16.0 Å². The molecular formula is C35H32BrClFN5O2S. The lowest BCUT2D eigenvalue weighted by molar-refractivity contribution is 0.244. The maximum Gasteiger partial charge on any atom is 0.243 e. The molecule has 1 aliphatic carbocycles. The quantitative estimate of drug-likeness (QED) is 0.186. The van der Waals surface area contributed by atoms with Gasteiger partial charge >= 0.3 is 0 Å². The van der Waals surface area contributed by atoms with Crippen LogP contribution in [-0.4, -0.2) is 73.9 Å². The smallest absolute Gasteiger partial charge is 0.243 e. The Balaban J connectivity index is 1.23. The van der Waals surface area contributed by atoms with Crippen LogP contribution in [0.2, 0.25) is 5.02 Å². The first kappa shape index (κ1) is 30.2. The van der Waals surface area contributed by atoms with E-state index in [1.807, 2.05) is 48.5 Å². The number of halogens is 3. The van der Waals surface area contributed by atoms with Crippen molar-refractivity contribution in [2.75, 3.05) is 45.2 Å². The van der Waals surface area contributed by atoms with E-state index in [0.29, 0.717) is 47.5 Å². The summed E-state index contributed by atoms with van der Waals surface area (Å²) >= 11 is 10.4. The van der Waals surface area contributed by atoms with Crippen molar-refractivity contribution in [3.63, 3.8) is 0 Å². The van der Waals surface area contributed by atoms with E-state index in [1.54, 1.807) is 28.6 Å². The number of hydrogen-bond acceptors (Lipinski definition) is 6. The zero-order chi connectivity index (χ0) is 32.0. The van der Waals surface area contributed by atoms with Gasteiger partial charge in [0.1, 0.15) is 5.52 Å². The highest BCUT2D eigenvalue weighted by atomic mass is 79.9. The molecule has 0 radical (unpaired) electrons. The van der Waals surface area contributed by atoms with Crippen LogP contribution in [0.15, 0.2) is 82.2 Å². The van der Waals surface area contributed by atoms with Crippen molar-refractivity contribution in [1.29, 1.82) is 0 Å². The molecule has 5 aromatic rings. The Bertz CT molecular complexity index is 2140. The summed E-state index contributed by atoms with van der Waals surface area (Å²) < 4.78 is 46.5. The van der Waals surface area contributed by atoms with Crippen LogP contribution in [0.25, 0.3) is 32.8 Å². The molecule has 1 aromatic heterocycles. The van der Waals surface area contributed by atoms with E-state index in [0.717, 1.165) is 46.0 Å². The molecule has 3 heterocycles. The van der Waals surface area contributed by atoms with Crippen molar-refractivity contribution >= 4 is 65.2 Å². The lowest BCUT2D eigenvalue weighted by atomic mass is 9.88. The van der Waals surface area contributed by atoms with E-state index < -0.39 is 15.8 Å². The molecule has 4 aromatic carbocycles. The number of sulfonamides is 1. The van der Waals surface area contributed by atoms with Crippen molar-refractivity contribution in [2.45, 2.75) is 29.2 Å². The normalized spacial score (nSPS) is 22.0. The summed E-state index contributed by atoms with van der Waals surface area (Å²) in [4.78, 5) is 14.5. The molecular weight excluding hydrogens is 689 g/mol. The summed E-state index contributed by atoms with van der Waals surface area (Å²) in [7, 11) is 0.455. The molecule has 236 valence electrons. The summed E-state index contributed by atoms with van der Waals surface area (Å²) in [6.07, 6.45) is 1.36. The van der Waals surface area contributed by atoms with Gasteiger partial charge in [0.05, 0.1) is 15.6 Å². The highest BCUT2D eigenvalue weighted by molar-refractivity contribution is 9.10. The maximum absolute atomic E-state index is 16.9. The van der Waals surface area contributed by atoms with Gasteiger partial charge in [-0.1, -0.05) is 70.0 Å². The molecule has 2 aliphatic heterocycles. The summed E-state index contributed by atoms with van der Waals surface area (Å²) in [5.41, 5.74) is 1.71. The Kier molecular flexibility index (Phi) is 7.19. The lowest BCUT2D eigenvalue weighted by Crippen LogP contribution is -2.58. The monoisotopic (exact) mass is 719 g/mol. The topological polar surface area (TPSA) is 69.6 Å².